The van der Waals surface area contributed by atoms with Crippen LogP contribution in [0.1, 0.15) is 37.6 Å². The summed E-state index contributed by atoms with van der Waals surface area (Å²) in [4.78, 5) is 0. The maximum Gasteiger partial charge on any atom is 0.0738 e. The summed E-state index contributed by atoms with van der Waals surface area (Å²) in [6, 6.07) is 0. The summed E-state index contributed by atoms with van der Waals surface area (Å²) < 4.78 is 8.86. The van der Waals surface area contributed by atoms with E-state index in [2.05, 4.69) is 28.0 Å². The van der Waals surface area contributed by atoms with Crippen LogP contribution in [0.3, 0.4) is 0 Å². The smallest absolute Gasteiger partial charge is 0.0738 e. The molecular weight excluding hydrogens is 308 g/mol. The van der Waals surface area contributed by atoms with Crippen LogP contribution in [0.4, 0.5) is 0 Å². The molecule has 2 aliphatic heterocycles. The second kappa shape index (κ2) is 5.19. The van der Waals surface area contributed by atoms with Crippen LogP contribution < -0.4 is 0 Å². The summed E-state index contributed by atoms with van der Waals surface area (Å²) in [5, 5.41) is 15.0. The molecule has 19 heavy (non-hydrogen) atoms. The van der Waals surface area contributed by atoms with Gasteiger partial charge in [-0.2, -0.15) is 5.10 Å². The van der Waals surface area contributed by atoms with E-state index in [1.165, 1.54) is 6.42 Å². The standard InChI is InChI=1S/C14H21BrN2O2/c1-3-17-11(14(15)8(2)16-17)7-12(18)10-6-9-4-5-13(10)19-9/h9-10,12-13,18H,3-7H2,1-2H3. The molecule has 2 aliphatic rings. The predicted molar refractivity (Wildman–Crippen MR) is 76.1 cm³/mol. The predicted octanol–water partition coefficient (Wildman–Crippen LogP) is 2.44. The van der Waals surface area contributed by atoms with Gasteiger partial charge in [0, 0.05) is 18.9 Å². The lowest BCUT2D eigenvalue weighted by Gasteiger charge is -2.24. The Morgan fingerprint density at radius 1 is 1.53 bits per heavy atom. The Morgan fingerprint density at radius 2 is 2.32 bits per heavy atom. The summed E-state index contributed by atoms with van der Waals surface area (Å²) in [5.41, 5.74) is 2.10. The molecule has 3 heterocycles. The number of aromatic nitrogens is 2. The highest BCUT2D eigenvalue weighted by Crippen LogP contribution is 2.41. The van der Waals surface area contributed by atoms with E-state index in [0.717, 1.165) is 35.2 Å². The molecule has 2 saturated heterocycles. The second-order valence-electron chi connectivity index (χ2n) is 5.71. The van der Waals surface area contributed by atoms with Crippen LogP contribution in [0.5, 0.6) is 0 Å². The number of hydrogen-bond acceptors (Lipinski definition) is 3. The van der Waals surface area contributed by atoms with Gasteiger partial charge in [0.15, 0.2) is 0 Å². The van der Waals surface area contributed by atoms with Crippen molar-refractivity contribution in [2.24, 2.45) is 5.92 Å². The number of halogens is 1. The molecule has 5 heteroatoms. The summed E-state index contributed by atoms with van der Waals surface area (Å²) >= 11 is 3.59. The molecule has 0 aliphatic carbocycles. The van der Waals surface area contributed by atoms with Crippen molar-refractivity contribution in [2.75, 3.05) is 0 Å². The van der Waals surface area contributed by atoms with Gasteiger partial charge >= 0.3 is 0 Å². The molecule has 2 fully saturated rings. The van der Waals surface area contributed by atoms with Crippen molar-refractivity contribution in [3.63, 3.8) is 0 Å². The van der Waals surface area contributed by atoms with Gasteiger partial charge in [0.05, 0.1) is 34.2 Å². The lowest BCUT2D eigenvalue weighted by Crippen LogP contribution is -2.31. The van der Waals surface area contributed by atoms with Crippen LogP contribution in [0, 0.1) is 12.8 Å². The van der Waals surface area contributed by atoms with E-state index in [0.29, 0.717) is 18.4 Å². The van der Waals surface area contributed by atoms with Gasteiger partial charge in [-0.3, -0.25) is 4.68 Å². The molecule has 0 amide bonds. The van der Waals surface area contributed by atoms with Gasteiger partial charge in [0.25, 0.3) is 0 Å². The lowest BCUT2D eigenvalue weighted by molar-refractivity contribution is 0.0422. The molecule has 0 aromatic carbocycles. The van der Waals surface area contributed by atoms with Crippen molar-refractivity contribution < 1.29 is 9.84 Å². The van der Waals surface area contributed by atoms with Gasteiger partial charge in [0.2, 0.25) is 0 Å². The molecule has 0 spiro atoms. The quantitative estimate of drug-likeness (QED) is 0.923. The summed E-state index contributed by atoms with van der Waals surface area (Å²) in [7, 11) is 0. The van der Waals surface area contributed by atoms with E-state index in [1.54, 1.807) is 0 Å². The highest BCUT2D eigenvalue weighted by molar-refractivity contribution is 9.10. The molecule has 0 radical (unpaired) electrons. The van der Waals surface area contributed by atoms with Crippen molar-refractivity contribution >= 4 is 15.9 Å². The molecule has 4 nitrogen and oxygen atoms in total. The van der Waals surface area contributed by atoms with Crippen LogP contribution in [0.25, 0.3) is 0 Å². The van der Waals surface area contributed by atoms with Crippen LogP contribution in [-0.4, -0.2) is 33.2 Å². The Kier molecular flexibility index (Phi) is 3.71. The molecule has 106 valence electrons. The highest BCUT2D eigenvalue weighted by Gasteiger charge is 2.44. The van der Waals surface area contributed by atoms with Crippen molar-refractivity contribution in [2.45, 2.75) is 64.4 Å². The minimum atomic E-state index is -0.326. The third kappa shape index (κ3) is 2.36. The number of aliphatic hydroxyl groups excluding tert-OH is 1. The monoisotopic (exact) mass is 328 g/mol. The minimum absolute atomic E-state index is 0.276. The number of aliphatic hydroxyl groups is 1. The molecule has 1 N–H and O–H groups in total. The molecule has 3 rings (SSSR count). The summed E-state index contributed by atoms with van der Waals surface area (Å²) in [5.74, 6) is 0.297. The van der Waals surface area contributed by atoms with E-state index < -0.39 is 0 Å². The fraction of sp³-hybridized carbons (Fsp3) is 0.786. The van der Waals surface area contributed by atoms with E-state index >= 15 is 0 Å². The van der Waals surface area contributed by atoms with E-state index in [1.807, 2.05) is 11.6 Å². The average molecular weight is 329 g/mol. The van der Waals surface area contributed by atoms with Gasteiger partial charge in [-0.25, -0.2) is 0 Å². The molecule has 1 aromatic heterocycles. The molecule has 0 saturated carbocycles. The molecule has 1 aromatic rings. The van der Waals surface area contributed by atoms with Gasteiger partial charge in [-0.05, 0) is 49.0 Å². The number of ether oxygens (including phenoxy) is 1. The fourth-order valence-electron chi connectivity index (χ4n) is 3.50. The van der Waals surface area contributed by atoms with E-state index in [4.69, 9.17) is 4.74 Å². The number of rotatable bonds is 4. The van der Waals surface area contributed by atoms with Crippen molar-refractivity contribution in [3.05, 3.63) is 15.9 Å². The first-order valence-electron chi connectivity index (χ1n) is 7.15. The summed E-state index contributed by atoms with van der Waals surface area (Å²) in [6.45, 7) is 4.91. The Hall–Kier alpha value is -0.390. The largest absolute Gasteiger partial charge is 0.392 e. The lowest BCUT2D eigenvalue weighted by atomic mass is 9.83. The van der Waals surface area contributed by atoms with Crippen molar-refractivity contribution in [1.29, 1.82) is 0 Å². The van der Waals surface area contributed by atoms with Gasteiger partial charge in [0.1, 0.15) is 0 Å². The summed E-state index contributed by atoms with van der Waals surface area (Å²) in [6.07, 6.45) is 4.30. The Bertz CT molecular complexity index is 474. The normalized spacial score (nSPS) is 31.1. The third-order valence-corrected chi connectivity index (χ3v) is 5.53. The van der Waals surface area contributed by atoms with Crippen LogP contribution in [0.15, 0.2) is 4.47 Å². The zero-order valence-electron chi connectivity index (χ0n) is 11.5. The van der Waals surface area contributed by atoms with Crippen molar-refractivity contribution in [3.8, 4) is 0 Å². The van der Waals surface area contributed by atoms with E-state index in [-0.39, 0.29) is 12.2 Å². The third-order valence-electron chi connectivity index (χ3n) is 4.50. The Morgan fingerprint density at radius 3 is 2.89 bits per heavy atom. The Balaban J connectivity index is 1.74. The molecule has 2 bridgehead atoms. The highest BCUT2D eigenvalue weighted by atomic mass is 79.9. The second-order valence-corrected chi connectivity index (χ2v) is 6.50. The zero-order valence-corrected chi connectivity index (χ0v) is 13.1. The number of hydrogen-bond donors (Lipinski definition) is 1. The number of aryl methyl sites for hydroxylation is 2. The first-order chi connectivity index (χ1) is 9.10. The van der Waals surface area contributed by atoms with Gasteiger partial charge < -0.3 is 9.84 Å². The minimum Gasteiger partial charge on any atom is -0.392 e. The first-order valence-corrected chi connectivity index (χ1v) is 7.94. The maximum absolute atomic E-state index is 10.5. The zero-order chi connectivity index (χ0) is 13.6. The fourth-order valence-corrected chi connectivity index (χ4v) is 3.94. The van der Waals surface area contributed by atoms with Crippen LogP contribution in [0.2, 0.25) is 0 Å². The van der Waals surface area contributed by atoms with Crippen LogP contribution in [-0.2, 0) is 17.7 Å². The molecule has 4 unspecified atom stereocenters. The van der Waals surface area contributed by atoms with Crippen molar-refractivity contribution in [1.82, 2.24) is 9.78 Å². The molecular formula is C14H21BrN2O2. The molecule has 4 atom stereocenters. The number of fused-ring (bicyclic) bond motifs is 2. The Labute approximate surface area is 122 Å². The number of nitrogens with zero attached hydrogens (tertiary/aromatic N) is 2. The maximum atomic E-state index is 10.5. The average Bonchev–Trinajstić information content (AvgIpc) is 3.08. The van der Waals surface area contributed by atoms with Gasteiger partial charge in [-0.1, -0.05) is 0 Å². The van der Waals surface area contributed by atoms with Gasteiger partial charge in [-0.15, -0.1) is 0 Å². The topological polar surface area (TPSA) is 47.3 Å². The first kappa shape index (κ1) is 13.6. The van der Waals surface area contributed by atoms with Crippen LogP contribution >= 0.6 is 15.9 Å². The van der Waals surface area contributed by atoms with E-state index in [9.17, 15) is 5.11 Å². The SMILES string of the molecule is CCn1nc(C)c(Br)c1CC(O)C1CC2CCC1O2.